The summed E-state index contributed by atoms with van der Waals surface area (Å²) < 4.78 is 5.68. The van der Waals surface area contributed by atoms with Gasteiger partial charge in [0.1, 0.15) is 16.5 Å². The molecule has 1 heterocycles. The molecule has 0 aliphatic rings. The lowest BCUT2D eigenvalue weighted by Crippen LogP contribution is -2.24. The third-order valence-corrected chi connectivity index (χ3v) is 3.62. The molecule has 0 radical (unpaired) electrons. The van der Waals surface area contributed by atoms with E-state index < -0.39 is 0 Å². The fourth-order valence-corrected chi connectivity index (χ4v) is 2.61. The number of amides is 1. The molecular formula is C16H20N2O2S. The van der Waals surface area contributed by atoms with Crippen molar-refractivity contribution in [1.29, 1.82) is 0 Å². The van der Waals surface area contributed by atoms with Crippen LogP contribution in [0, 0.1) is 0 Å². The fraction of sp³-hybridized carbons (Fsp3) is 0.375. The molecule has 0 saturated carbocycles. The molecule has 0 aliphatic heterocycles. The summed E-state index contributed by atoms with van der Waals surface area (Å²) in [6, 6.07) is 7.78. The molecule has 0 unspecified atom stereocenters. The van der Waals surface area contributed by atoms with Crippen molar-refractivity contribution >= 4 is 17.2 Å². The smallest absolute Gasteiger partial charge is 0.270 e. The molecule has 1 N–H and O–H groups in total. The number of carbonyl (C=O) groups is 1. The van der Waals surface area contributed by atoms with Gasteiger partial charge in [0.15, 0.2) is 0 Å². The van der Waals surface area contributed by atoms with E-state index >= 15 is 0 Å². The van der Waals surface area contributed by atoms with E-state index in [1.807, 2.05) is 45.0 Å². The number of ether oxygens (including phenoxy) is 1. The highest BCUT2D eigenvalue weighted by Gasteiger charge is 2.11. The molecule has 0 spiro atoms. The van der Waals surface area contributed by atoms with Gasteiger partial charge in [-0.3, -0.25) is 4.79 Å². The molecule has 0 bridgehead atoms. The monoisotopic (exact) mass is 304 g/mol. The molecule has 0 saturated heterocycles. The summed E-state index contributed by atoms with van der Waals surface area (Å²) in [5, 5.41) is 5.44. The SMILES string of the molecule is CCCNC(=O)c1csc(-c2cccc(OC(C)C)c2)n1. The zero-order chi connectivity index (χ0) is 15.2. The summed E-state index contributed by atoms with van der Waals surface area (Å²) in [4.78, 5) is 16.3. The van der Waals surface area contributed by atoms with Crippen LogP contribution in [-0.2, 0) is 0 Å². The van der Waals surface area contributed by atoms with Crippen LogP contribution in [0.25, 0.3) is 10.6 Å². The molecule has 2 aromatic rings. The number of hydrogen-bond donors (Lipinski definition) is 1. The van der Waals surface area contributed by atoms with Gasteiger partial charge in [0, 0.05) is 17.5 Å². The van der Waals surface area contributed by atoms with Gasteiger partial charge in [-0.15, -0.1) is 11.3 Å². The second-order valence-corrected chi connectivity index (χ2v) is 5.85. The Bertz CT molecular complexity index is 608. The van der Waals surface area contributed by atoms with Crippen molar-refractivity contribution in [2.45, 2.75) is 33.3 Å². The standard InChI is InChI=1S/C16H20N2O2S/c1-4-8-17-15(19)14-10-21-16(18-14)12-6-5-7-13(9-12)20-11(2)3/h5-7,9-11H,4,8H2,1-3H3,(H,17,19). The largest absolute Gasteiger partial charge is 0.491 e. The molecule has 112 valence electrons. The molecule has 1 amide bonds. The van der Waals surface area contributed by atoms with E-state index in [1.54, 1.807) is 5.38 Å². The molecule has 5 heteroatoms. The van der Waals surface area contributed by atoms with Crippen LogP contribution in [0.4, 0.5) is 0 Å². The zero-order valence-corrected chi connectivity index (χ0v) is 13.4. The Kier molecular flexibility index (Phi) is 5.33. The first-order valence-corrected chi connectivity index (χ1v) is 7.99. The molecular weight excluding hydrogens is 284 g/mol. The van der Waals surface area contributed by atoms with Crippen LogP contribution in [0.15, 0.2) is 29.6 Å². The van der Waals surface area contributed by atoms with E-state index in [4.69, 9.17) is 4.74 Å². The third-order valence-electron chi connectivity index (χ3n) is 2.73. The minimum absolute atomic E-state index is 0.117. The van der Waals surface area contributed by atoms with Crippen molar-refractivity contribution in [2.24, 2.45) is 0 Å². The van der Waals surface area contributed by atoms with Gasteiger partial charge in [0.2, 0.25) is 0 Å². The zero-order valence-electron chi connectivity index (χ0n) is 12.6. The first-order chi connectivity index (χ1) is 10.1. The quantitative estimate of drug-likeness (QED) is 0.884. The summed E-state index contributed by atoms with van der Waals surface area (Å²) in [6.07, 6.45) is 1.05. The van der Waals surface area contributed by atoms with Crippen LogP contribution in [0.3, 0.4) is 0 Å². The highest BCUT2D eigenvalue weighted by molar-refractivity contribution is 7.13. The van der Waals surface area contributed by atoms with Crippen molar-refractivity contribution in [3.05, 3.63) is 35.3 Å². The van der Waals surface area contributed by atoms with E-state index in [1.165, 1.54) is 11.3 Å². The number of carbonyl (C=O) groups excluding carboxylic acids is 1. The minimum Gasteiger partial charge on any atom is -0.491 e. The maximum Gasteiger partial charge on any atom is 0.270 e. The van der Waals surface area contributed by atoms with E-state index in [9.17, 15) is 4.79 Å². The molecule has 0 aliphatic carbocycles. The highest BCUT2D eigenvalue weighted by atomic mass is 32.1. The molecule has 1 aromatic carbocycles. The Balaban J connectivity index is 2.15. The number of nitrogens with one attached hydrogen (secondary N) is 1. The van der Waals surface area contributed by atoms with E-state index in [0.29, 0.717) is 12.2 Å². The van der Waals surface area contributed by atoms with Crippen LogP contribution in [0.2, 0.25) is 0 Å². The van der Waals surface area contributed by atoms with Gasteiger partial charge >= 0.3 is 0 Å². The second-order valence-electron chi connectivity index (χ2n) is 4.99. The van der Waals surface area contributed by atoms with Crippen LogP contribution in [0.1, 0.15) is 37.7 Å². The lowest BCUT2D eigenvalue weighted by Gasteiger charge is -2.10. The van der Waals surface area contributed by atoms with Crippen LogP contribution in [0.5, 0.6) is 5.75 Å². The molecule has 4 nitrogen and oxygen atoms in total. The van der Waals surface area contributed by atoms with Crippen LogP contribution in [-0.4, -0.2) is 23.5 Å². The van der Waals surface area contributed by atoms with Gasteiger partial charge < -0.3 is 10.1 Å². The number of thiazole rings is 1. The normalized spacial score (nSPS) is 10.7. The molecule has 0 atom stereocenters. The van der Waals surface area contributed by atoms with Crippen LogP contribution < -0.4 is 10.1 Å². The predicted octanol–water partition coefficient (Wildman–Crippen LogP) is 3.74. The van der Waals surface area contributed by atoms with E-state index in [-0.39, 0.29) is 12.0 Å². The topological polar surface area (TPSA) is 51.2 Å². The molecule has 2 rings (SSSR count). The number of nitrogens with zero attached hydrogens (tertiary/aromatic N) is 1. The summed E-state index contributed by atoms with van der Waals surface area (Å²) >= 11 is 1.46. The highest BCUT2D eigenvalue weighted by Crippen LogP contribution is 2.27. The average Bonchev–Trinajstić information content (AvgIpc) is 2.94. The lowest BCUT2D eigenvalue weighted by atomic mass is 10.2. The minimum atomic E-state index is -0.117. The Morgan fingerprint density at radius 1 is 1.43 bits per heavy atom. The number of aromatic nitrogens is 1. The van der Waals surface area contributed by atoms with Crippen LogP contribution >= 0.6 is 11.3 Å². The van der Waals surface area contributed by atoms with Gasteiger partial charge in [0.25, 0.3) is 5.91 Å². The number of hydrogen-bond acceptors (Lipinski definition) is 4. The Hall–Kier alpha value is -1.88. The van der Waals surface area contributed by atoms with E-state index in [2.05, 4.69) is 10.3 Å². The van der Waals surface area contributed by atoms with Gasteiger partial charge in [-0.2, -0.15) is 0 Å². The van der Waals surface area contributed by atoms with Crippen molar-refractivity contribution < 1.29 is 9.53 Å². The molecule has 1 aromatic heterocycles. The fourth-order valence-electron chi connectivity index (χ4n) is 1.81. The maximum atomic E-state index is 11.9. The van der Waals surface area contributed by atoms with Gasteiger partial charge in [-0.05, 0) is 32.4 Å². The Labute approximate surface area is 129 Å². The predicted molar refractivity (Wildman–Crippen MR) is 85.9 cm³/mol. The van der Waals surface area contributed by atoms with Crippen molar-refractivity contribution in [3.8, 4) is 16.3 Å². The Morgan fingerprint density at radius 2 is 2.24 bits per heavy atom. The van der Waals surface area contributed by atoms with Crippen molar-refractivity contribution in [2.75, 3.05) is 6.54 Å². The summed E-state index contributed by atoms with van der Waals surface area (Å²) in [6.45, 7) is 6.68. The third kappa shape index (κ3) is 4.29. The number of benzene rings is 1. The van der Waals surface area contributed by atoms with Crippen molar-refractivity contribution in [3.63, 3.8) is 0 Å². The second kappa shape index (κ2) is 7.22. The molecule has 0 fully saturated rings. The summed E-state index contributed by atoms with van der Waals surface area (Å²) in [5.74, 6) is 0.698. The van der Waals surface area contributed by atoms with Crippen molar-refractivity contribution in [1.82, 2.24) is 10.3 Å². The average molecular weight is 304 g/mol. The summed E-state index contributed by atoms with van der Waals surface area (Å²) in [7, 11) is 0. The molecule has 21 heavy (non-hydrogen) atoms. The first-order valence-electron chi connectivity index (χ1n) is 7.11. The number of rotatable bonds is 6. The van der Waals surface area contributed by atoms with Gasteiger partial charge in [-0.25, -0.2) is 4.98 Å². The maximum absolute atomic E-state index is 11.9. The lowest BCUT2D eigenvalue weighted by molar-refractivity contribution is 0.0949. The van der Waals surface area contributed by atoms with Gasteiger partial charge in [0.05, 0.1) is 6.10 Å². The van der Waals surface area contributed by atoms with Gasteiger partial charge in [-0.1, -0.05) is 19.1 Å². The Morgan fingerprint density at radius 3 is 2.95 bits per heavy atom. The first kappa shape index (κ1) is 15.5. The van der Waals surface area contributed by atoms with E-state index in [0.717, 1.165) is 22.7 Å². The summed E-state index contributed by atoms with van der Waals surface area (Å²) in [5.41, 5.74) is 1.44.